The molecule has 1 saturated heterocycles. The van der Waals surface area contributed by atoms with Crippen LogP contribution in [0, 0.1) is 0 Å². The Balaban J connectivity index is 2.25. The summed E-state index contributed by atoms with van der Waals surface area (Å²) in [5.74, 6) is -2.44. The van der Waals surface area contributed by atoms with Crippen LogP contribution in [0.4, 0.5) is 0 Å². The van der Waals surface area contributed by atoms with Crippen LogP contribution < -0.4 is 0 Å². The van der Waals surface area contributed by atoms with Gasteiger partial charge in [-0.3, -0.25) is 9.59 Å². The van der Waals surface area contributed by atoms with Gasteiger partial charge in [-0.1, -0.05) is 211 Å². The second-order valence-corrected chi connectivity index (χ2v) is 19.4. The van der Waals surface area contributed by atoms with Crippen molar-refractivity contribution in [3.05, 3.63) is 36.5 Å². The van der Waals surface area contributed by atoms with E-state index in [0.29, 0.717) is 12.8 Å². The predicted molar refractivity (Wildman–Crippen MR) is 275 cm³/mol. The molecule has 0 amide bonds. The molecule has 1 fully saturated rings. The lowest BCUT2D eigenvalue weighted by atomic mass is 9.99. The number of aliphatic hydroxyl groups is 3. The molecule has 1 heterocycles. The van der Waals surface area contributed by atoms with Gasteiger partial charge in [-0.05, 0) is 70.6 Å². The van der Waals surface area contributed by atoms with Crippen molar-refractivity contribution >= 4 is 17.9 Å². The van der Waals surface area contributed by atoms with Gasteiger partial charge in [0.2, 0.25) is 0 Å². The highest BCUT2D eigenvalue weighted by atomic mass is 16.7. The Morgan fingerprint density at radius 3 is 1.26 bits per heavy atom. The highest BCUT2D eigenvalue weighted by Crippen LogP contribution is 2.23. The first-order valence-corrected chi connectivity index (χ1v) is 28.0. The summed E-state index contributed by atoms with van der Waals surface area (Å²) in [6.07, 6.45) is 47.6. The summed E-state index contributed by atoms with van der Waals surface area (Å²) in [5, 5.41) is 40.0. The topological polar surface area (TPSA) is 169 Å². The van der Waals surface area contributed by atoms with Crippen LogP contribution in [0.3, 0.4) is 0 Å². The molecule has 396 valence electrons. The smallest absolute Gasteiger partial charge is 0.335 e. The highest BCUT2D eigenvalue weighted by Gasteiger charge is 2.47. The Bertz CT molecular complexity index is 1270. The molecule has 0 aliphatic carbocycles. The Kier molecular flexibility index (Phi) is 43.7. The van der Waals surface area contributed by atoms with Crippen molar-refractivity contribution in [2.45, 2.75) is 295 Å². The number of rotatable bonds is 48. The fraction of sp³-hybridized carbons (Fsp3) is 0.842. The lowest BCUT2D eigenvalue weighted by Crippen LogP contribution is -2.60. The molecule has 0 aromatic carbocycles. The minimum atomic E-state index is -1.86. The molecular formula is C57H102O11. The lowest BCUT2D eigenvalue weighted by Gasteiger charge is -2.38. The molecule has 1 aliphatic rings. The summed E-state index contributed by atoms with van der Waals surface area (Å²) in [5.41, 5.74) is 0. The Morgan fingerprint density at radius 1 is 0.456 bits per heavy atom. The van der Waals surface area contributed by atoms with E-state index in [0.717, 1.165) is 51.4 Å². The van der Waals surface area contributed by atoms with E-state index >= 15 is 0 Å². The first-order chi connectivity index (χ1) is 33.2. The third-order valence-corrected chi connectivity index (χ3v) is 13.0. The second kappa shape index (κ2) is 46.8. The molecule has 0 aromatic rings. The number of aliphatic carboxylic acids is 1. The minimum absolute atomic E-state index is 0.183. The number of carboxylic acids is 1. The van der Waals surface area contributed by atoms with E-state index in [1.807, 2.05) is 0 Å². The van der Waals surface area contributed by atoms with Crippen molar-refractivity contribution in [1.82, 2.24) is 0 Å². The van der Waals surface area contributed by atoms with Crippen LogP contribution in [0.15, 0.2) is 36.5 Å². The van der Waals surface area contributed by atoms with Crippen molar-refractivity contribution in [2.24, 2.45) is 0 Å². The standard InChI is InChI=1S/C57H102O11/c1-3-5-7-9-11-13-15-17-19-21-23-24-25-26-28-30-32-34-36-38-40-42-44-46-51(59)67-49(48-66-57-54(62)52(60)53(61)55(68-57)56(63)64)47-65-50(58)45-43-41-39-37-35-33-31-29-27-22-20-18-16-14-12-10-8-6-4-2/h12,14,18,20-21,23,49,52-55,57,60-62H,3-11,13,15-17,19,22,24-48H2,1-2H3,(H,63,64)/b14-12-,20-18-,23-21-. The predicted octanol–water partition coefficient (Wildman–Crippen LogP) is 13.9. The Hall–Kier alpha value is -2.57. The molecule has 0 saturated carbocycles. The van der Waals surface area contributed by atoms with E-state index < -0.39 is 54.7 Å². The van der Waals surface area contributed by atoms with E-state index in [-0.39, 0.29) is 26.1 Å². The molecule has 0 bridgehead atoms. The van der Waals surface area contributed by atoms with Gasteiger partial charge < -0.3 is 39.4 Å². The molecule has 0 aromatic heterocycles. The number of hydrogen-bond donors (Lipinski definition) is 4. The average Bonchev–Trinajstić information content (AvgIpc) is 3.32. The zero-order chi connectivity index (χ0) is 49.6. The van der Waals surface area contributed by atoms with Crippen LogP contribution in [0.25, 0.3) is 0 Å². The fourth-order valence-electron chi connectivity index (χ4n) is 8.55. The van der Waals surface area contributed by atoms with Crippen LogP contribution in [0.1, 0.15) is 258 Å². The summed E-state index contributed by atoms with van der Waals surface area (Å²) in [6.45, 7) is 3.83. The molecule has 4 N–H and O–H groups in total. The quantitative estimate of drug-likeness (QED) is 0.0260. The number of carbonyl (C=O) groups is 3. The molecule has 0 radical (unpaired) electrons. The van der Waals surface area contributed by atoms with Crippen LogP contribution in [-0.4, -0.2) is 88.4 Å². The lowest BCUT2D eigenvalue weighted by molar-refractivity contribution is -0.298. The molecule has 6 unspecified atom stereocenters. The maximum absolute atomic E-state index is 12.9. The van der Waals surface area contributed by atoms with Crippen molar-refractivity contribution < 1.29 is 53.8 Å². The van der Waals surface area contributed by atoms with Crippen molar-refractivity contribution in [3.8, 4) is 0 Å². The van der Waals surface area contributed by atoms with Gasteiger partial charge in [-0.25, -0.2) is 4.79 Å². The second-order valence-electron chi connectivity index (χ2n) is 19.4. The summed E-state index contributed by atoms with van der Waals surface area (Å²) < 4.78 is 21.9. The molecule has 11 heteroatoms. The number of hydrogen-bond acceptors (Lipinski definition) is 10. The van der Waals surface area contributed by atoms with E-state index in [9.17, 15) is 34.8 Å². The van der Waals surface area contributed by atoms with Gasteiger partial charge in [0, 0.05) is 12.8 Å². The summed E-state index contributed by atoms with van der Waals surface area (Å²) in [4.78, 5) is 37.1. The van der Waals surface area contributed by atoms with Gasteiger partial charge >= 0.3 is 17.9 Å². The number of esters is 2. The highest BCUT2D eigenvalue weighted by molar-refractivity contribution is 5.73. The third-order valence-electron chi connectivity index (χ3n) is 13.0. The molecular weight excluding hydrogens is 861 g/mol. The van der Waals surface area contributed by atoms with Crippen LogP contribution in [0.5, 0.6) is 0 Å². The first-order valence-electron chi connectivity index (χ1n) is 28.0. The summed E-state index contributed by atoms with van der Waals surface area (Å²) >= 11 is 0. The van der Waals surface area contributed by atoms with Gasteiger partial charge in [-0.2, -0.15) is 0 Å². The van der Waals surface area contributed by atoms with Crippen molar-refractivity contribution in [2.75, 3.05) is 13.2 Å². The maximum Gasteiger partial charge on any atom is 0.335 e. The van der Waals surface area contributed by atoms with Gasteiger partial charge in [0.25, 0.3) is 0 Å². The fourth-order valence-corrected chi connectivity index (χ4v) is 8.55. The van der Waals surface area contributed by atoms with Gasteiger partial charge in [0.15, 0.2) is 18.5 Å². The average molecular weight is 963 g/mol. The molecule has 0 spiro atoms. The zero-order valence-corrected chi connectivity index (χ0v) is 43.4. The summed E-state index contributed by atoms with van der Waals surface area (Å²) in [6, 6.07) is 0. The number of unbranched alkanes of at least 4 members (excludes halogenated alkanes) is 31. The number of carbonyl (C=O) groups excluding carboxylic acids is 2. The van der Waals surface area contributed by atoms with Crippen molar-refractivity contribution in [3.63, 3.8) is 0 Å². The minimum Gasteiger partial charge on any atom is -0.479 e. The largest absolute Gasteiger partial charge is 0.479 e. The molecule has 1 aliphatic heterocycles. The number of ether oxygens (including phenoxy) is 4. The number of aliphatic hydroxyl groups excluding tert-OH is 3. The van der Waals surface area contributed by atoms with Crippen LogP contribution in [-0.2, 0) is 33.3 Å². The molecule has 1 rings (SSSR count). The monoisotopic (exact) mass is 963 g/mol. The van der Waals surface area contributed by atoms with E-state index in [4.69, 9.17) is 18.9 Å². The van der Waals surface area contributed by atoms with E-state index in [1.54, 1.807) is 0 Å². The summed E-state index contributed by atoms with van der Waals surface area (Å²) in [7, 11) is 0. The molecule has 68 heavy (non-hydrogen) atoms. The van der Waals surface area contributed by atoms with Crippen molar-refractivity contribution in [1.29, 1.82) is 0 Å². The molecule has 11 nitrogen and oxygen atoms in total. The molecule has 6 atom stereocenters. The Labute approximate surface area is 414 Å². The third kappa shape index (κ3) is 37.3. The first kappa shape index (κ1) is 63.4. The van der Waals surface area contributed by atoms with E-state index in [1.165, 1.54) is 167 Å². The van der Waals surface area contributed by atoms with Crippen LogP contribution in [0.2, 0.25) is 0 Å². The Morgan fingerprint density at radius 2 is 0.824 bits per heavy atom. The SMILES string of the molecule is CCCCC/C=C\C/C=C\CCCCCCCCCCCC(=O)OCC(COC1OC(C(=O)O)C(O)C(O)C1O)OC(=O)CCCCCCCCCCCCC/C=C\CCCCCCCCCC. The van der Waals surface area contributed by atoms with Crippen LogP contribution >= 0.6 is 0 Å². The van der Waals surface area contributed by atoms with Gasteiger partial charge in [0.1, 0.15) is 24.9 Å². The number of carboxylic acid groups (broad SMARTS) is 1. The van der Waals surface area contributed by atoms with Gasteiger partial charge in [-0.15, -0.1) is 0 Å². The van der Waals surface area contributed by atoms with Gasteiger partial charge in [0.05, 0.1) is 6.61 Å². The van der Waals surface area contributed by atoms with E-state index in [2.05, 4.69) is 50.3 Å². The normalized spacial score (nSPS) is 19.1. The zero-order valence-electron chi connectivity index (χ0n) is 43.4. The maximum atomic E-state index is 12.9. The number of allylic oxidation sites excluding steroid dienone is 6.